The third-order valence-corrected chi connectivity index (χ3v) is 2.63. The van der Waals surface area contributed by atoms with E-state index in [0.29, 0.717) is 13.1 Å². The van der Waals surface area contributed by atoms with Crippen LogP contribution in [0.25, 0.3) is 0 Å². The molecule has 1 aliphatic heterocycles. The maximum Gasteiger partial charge on any atom is 0.405 e. The van der Waals surface area contributed by atoms with E-state index in [1.165, 1.54) is 0 Å². The van der Waals surface area contributed by atoms with Crippen LogP contribution in [-0.4, -0.2) is 36.9 Å². The molecule has 0 saturated carbocycles. The van der Waals surface area contributed by atoms with Gasteiger partial charge in [0.1, 0.15) is 6.04 Å². The number of rotatable bonds is 2. The summed E-state index contributed by atoms with van der Waals surface area (Å²) in [5, 5.41) is 4.06. The monoisotopic (exact) mass is 245 g/mol. The van der Waals surface area contributed by atoms with Gasteiger partial charge in [0.15, 0.2) is 0 Å². The van der Waals surface area contributed by atoms with Crippen molar-refractivity contribution in [3.8, 4) is 0 Å². The highest BCUT2D eigenvalue weighted by Gasteiger charge is 2.41. The van der Waals surface area contributed by atoms with E-state index in [1.807, 2.05) is 30.3 Å². The Kier molecular flexibility index (Phi) is 3.54. The van der Waals surface area contributed by atoms with Crippen LogP contribution in [0, 0.1) is 0 Å². The molecule has 1 fully saturated rings. The van der Waals surface area contributed by atoms with Crippen LogP contribution in [0.1, 0.15) is 0 Å². The van der Waals surface area contributed by atoms with Crippen LogP contribution in [0.3, 0.4) is 0 Å². The molecule has 1 saturated heterocycles. The van der Waals surface area contributed by atoms with E-state index < -0.39 is 12.2 Å². The first-order valence-corrected chi connectivity index (χ1v) is 5.42. The van der Waals surface area contributed by atoms with Gasteiger partial charge in [-0.3, -0.25) is 0 Å². The Labute approximate surface area is 97.6 Å². The van der Waals surface area contributed by atoms with Gasteiger partial charge in [-0.05, 0) is 12.1 Å². The smallest absolute Gasteiger partial charge is 0.319 e. The van der Waals surface area contributed by atoms with Crippen LogP contribution in [0.2, 0.25) is 0 Å². The van der Waals surface area contributed by atoms with E-state index >= 15 is 0 Å². The summed E-state index contributed by atoms with van der Waals surface area (Å²) in [5.41, 5.74) is 3.78. The number of piperazine rings is 1. The molecule has 0 radical (unpaired) electrons. The number of hydrazine groups is 1. The summed E-state index contributed by atoms with van der Waals surface area (Å²) in [6.07, 6.45) is -4.20. The maximum atomic E-state index is 12.5. The predicted molar refractivity (Wildman–Crippen MR) is 59.5 cm³/mol. The van der Waals surface area contributed by atoms with Crippen molar-refractivity contribution in [2.75, 3.05) is 25.1 Å². The first-order valence-electron chi connectivity index (χ1n) is 5.42. The molecule has 1 atom stereocenters. The number of hydrogen-bond donors (Lipinski definition) is 2. The van der Waals surface area contributed by atoms with Crippen molar-refractivity contribution >= 4 is 5.69 Å². The molecule has 0 aliphatic carbocycles. The minimum Gasteiger partial charge on any atom is -0.319 e. The summed E-state index contributed by atoms with van der Waals surface area (Å²) in [6.45, 7) is 0.782. The van der Waals surface area contributed by atoms with Crippen molar-refractivity contribution in [1.82, 2.24) is 10.3 Å². The van der Waals surface area contributed by atoms with Crippen molar-refractivity contribution in [1.29, 1.82) is 0 Å². The quantitative estimate of drug-likeness (QED) is 0.832. The Morgan fingerprint density at radius 2 is 1.94 bits per heavy atom. The fourth-order valence-electron chi connectivity index (χ4n) is 1.77. The standard InChI is InChI=1S/C11H14F3N3/c12-11(13,14)10-8-17(7-6-15-10)16-9-4-2-1-3-5-9/h1-5,10,15-16H,6-8H2. The third kappa shape index (κ3) is 3.34. The number of para-hydroxylation sites is 1. The number of anilines is 1. The summed E-state index contributed by atoms with van der Waals surface area (Å²) >= 11 is 0. The Morgan fingerprint density at radius 1 is 1.24 bits per heavy atom. The Hall–Kier alpha value is -1.27. The van der Waals surface area contributed by atoms with Crippen molar-refractivity contribution in [3.63, 3.8) is 0 Å². The second-order valence-electron chi connectivity index (χ2n) is 3.97. The molecular weight excluding hydrogens is 231 g/mol. The van der Waals surface area contributed by atoms with E-state index in [9.17, 15) is 13.2 Å². The molecule has 1 aromatic rings. The van der Waals surface area contributed by atoms with Crippen molar-refractivity contribution < 1.29 is 13.2 Å². The van der Waals surface area contributed by atoms with Gasteiger partial charge in [0.05, 0.1) is 0 Å². The second kappa shape index (κ2) is 4.93. The highest BCUT2D eigenvalue weighted by atomic mass is 19.4. The van der Waals surface area contributed by atoms with Crippen molar-refractivity contribution in [2.45, 2.75) is 12.2 Å². The lowest BCUT2D eigenvalue weighted by atomic mass is 10.2. The summed E-state index contributed by atoms with van der Waals surface area (Å²) in [7, 11) is 0. The molecule has 1 unspecified atom stereocenters. The van der Waals surface area contributed by atoms with E-state index in [-0.39, 0.29) is 6.54 Å². The highest BCUT2D eigenvalue weighted by molar-refractivity contribution is 5.41. The predicted octanol–water partition coefficient (Wildman–Crippen LogP) is 1.85. The van der Waals surface area contributed by atoms with Crippen LogP contribution in [0.5, 0.6) is 0 Å². The Morgan fingerprint density at radius 3 is 2.59 bits per heavy atom. The number of halogens is 3. The molecule has 1 heterocycles. The van der Waals surface area contributed by atoms with E-state index in [2.05, 4.69) is 10.7 Å². The molecule has 0 bridgehead atoms. The molecule has 3 nitrogen and oxygen atoms in total. The zero-order chi connectivity index (χ0) is 12.3. The normalized spacial score (nSPS) is 22.4. The molecule has 17 heavy (non-hydrogen) atoms. The Bertz CT molecular complexity index is 353. The van der Waals surface area contributed by atoms with E-state index in [0.717, 1.165) is 5.69 Å². The summed E-state index contributed by atoms with van der Waals surface area (Å²) < 4.78 is 37.6. The van der Waals surface area contributed by atoms with Crippen LogP contribution >= 0.6 is 0 Å². The molecule has 6 heteroatoms. The SMILES string of the molecule is FC(F)(F)C1CN(Nc2ccccc2)CCN1. The molecule has 2 N–H and O–H groups in total. The number of nitrogens with one attached hydrogen (secondary N) is 2. The number of alkyl halides is 3. The van der Waals surface area contributed by atoms with Crippen molar-refractivity contribution in [3.05, 3.63) is 30.3 Å². The molecule has 0 spiro atoms. The number of nitrogens with zero attached hydrogens (tertiary/aromatic N) is 1. The molecule has 0 aromatic heterocycles. The van der Waals surface area contributed by atoms with Gasteiger partial charge in [-0.15, -0.1) is 0 Å². The maximum absolute atomic E-state index is 12.5. The number of benzene rings is 1. The minimum atomic E-state index is -4.20. The van der Waals surface area contributed by atoms with Crippen LogP contribution in [0.4, 0.5) is 18.9 Å². The van der Waals surface area contributed by atoms with E-state index in [1.54, 1.807) is 5.01 Å². The highest BCUT2D eigenvalue weighted by Crippen LogP contribution is 2.22. The molecule has 2 rings (SSSR count). The zero-order valence-electron chi connectivity index (χ0n) is 9.17. The first kappa shape index (κ1) is 12.2. The lowest BCUT2D eigenvalue weighted by Crippen LogP contribution is -2.58. The van der Waals surface area contributed by atoms with Crippen LogP contribution in [0.15, 0.2) is 30.3 Å². The number of hydrogen-bond acceptors (Lipinski definition) is 3. The third-order valence-electron chi connectivity index (χ3n) is 2.63. The van der Waals surface area contributed by atoms with Crippen molar-refractivity contribution in [2.24, 2.45) is 0 Å². The van der Waals surface area contributed by atoms with Gasteiger partial charge >= 0.3 is 6.18 Å². The summed E-state index contributed by atoms with van der Waals surface area (Å²) in [5.74, 6) is 0. The largest absolute Gasteiger partial charge is 0.405 e. The van der Waals surface area contributed by atoms with Gasteiger partial charge in [-0.1, -0.05) is 18.2 Å². The zero-order valence-corrected chi connectivity index (χ0v) is 9.17. The molecule has 1 aliphatic rings. The molecular formula is C11H14F3N3. The molecule has 1 aromatic carbocycles. The lowest BCUT2D eigenvalue weighted by Gasteiger charge is -2.35. The van der Waals surface area contributed by atoms with Gasteiger partial charge in [-0.2, -0.15) is 13.2 Å². The lowest BCUT2D eigenvalue weighted by molar-refractivity contribution is -0.163. The van der Waals surface area contributed by atoms with E-state index in [4.69, 9.17) is 0 Å². The van der Waals surface area contributed by atoms with Gasteiger partial charge in [0, 0.05) is 25.3 Å². The van der Waals surface area contributed by atoms with Crippen LogP contribution < -0.4 is 10.7 Å². The minimum absolute atomic E-state index is 0.0849. The fourth-order valence-corrected chi connectivity index (χ4v) is 1.77. The van der Waals surface area contributed by atoms with Gasteiger partial charge in [0.2, 0.25) is 0 Å². The second-order valence-corrected chi connectivity index (χ2v) is 3.97. The topological polar surface area (TPSA) is 27.3 Å². The Balaban J connectivity index is 1.94. The fraction of sp³-hybridized carbons (Fsp3) is 0.455. The van der Waals surface area contributed by atoms with Gasteiger partial charge in [-0.25, -0.2) is 5.01 Å². The molecule has 94 valence electrons. The summed E-state index contributed by atoms with van der Waals surface area (Å²) in [6, 6.07) is 7.72. The van der Waals surface area contributed by atoms with Gasteiger partial charge < -0.3 is 10.7 Å². The van der Waals surface area contributed by atoms with Gasteiger partial charge in [0.25, 0.3) is 0 Å². The first-order chi connectivity index (χ1) is 8.05. The summed E-state index contributed by atoms with van der Waals surface area (Å²) in [4.78, 5) is 0. The average molecular weight is 245 g/mol. The molecule has 0 amide bonds. The average Bonchev–Trinajstić information content (AvgIpc) is 2.29. The van der Waals surface area contributed by atoms with Crippen LogP contribution in [-0.2, 0) is 0 Å².